The van der Waals surface area contributed by atoms with E-state index >= 15 is 0 Å². The van der Waals surface area contributed by atoms with Crippen LogP contribution in [-0.2, 0) is 0 Å². The van der Waals surface area contributed by atoms with Gasteiger partial charge in [0.1, 0.15) is 18.2 Å². The van der Waals surface area contributed by atoms with E-state index in [9.17, 15) is 0 Å². The van der Waals surface area contributed by atoms with Crippen LogP contribution in [0.1, 0.15) is 6.92 Å². The van der Waals surface area contributed by atoms with Gasteiger partial charge in [-0.1, -0.05) is 31.2 Å². The van der Waals surface area contributed by atoms with E-state index in [4.69, 9.17) is 14.8 Å². The fourth-order valence-electron chi connectivity index (χ4n) is 3.61. The minimum Gasteiger partial charge on any atom is -0.490 e. The van der Waals surface area contributed by atoms with Crippen molar-refractivity contribution in [1.82, 2.24) is 14.9 Å². The van der Waals surface area contributed by atoms with Crippen LogP contribution >= 0.6 is 0 Å². The quantitative estimate of drug-likeness (QED) is 0.712. The van der Waals surface area contributed by atoms with Gasteiger partial charge in [0.2, 0.25) is 0 Å². The van der Waals surface area contributed by atoms with Gasteiger partial charge in [-0.05, 0) is 30.1 Å². The number of aliphatic hydroxyl groups is 1. The smallest absolute Gasteiger partial charge is 0.137 e. The Morgan fingerprint density at radius 3 is 2.57 bits per heavy atom. The molecule has 146 valence electrons. The minimum absolute atomic E-state index is 0.0113. The van der Waals surface area contributed by atoms with Gasteiger partial charge in [-0.3, -0.25) is 4.98 Å². The van der Waals surface area contributed by atoms with Crippen LogP contribution in [0.25, 0.3) is 22.2 Å². The minimum atomic E-state index is -0.0113. The molecule has 1 aromatic carbocycles. The average Bonchev–Trinajstić information content (AvgIpc) is 2.77. The number of hydrogen-bond acceptors (Lipinski definition) is 6. The van der Waals surface area contributed by atoms with Gasteiger partial charge in [0.15, 0.2) is 0 Å². The number of likely N-dealkylation sites (N-methyl/N-ethyl adjacent to an activating group) is 1. The van der Waals surface area contributed by atoms with Crippen molar-refractivity contribution >= 4 is 16.6 Å². The van der Waals surface area contributed by atoms with Gasteiger partial charge >= 0.3 is 0 Å². The summed E-state index contributed by atoms with van der Waals surface area (Å²) in [5.74, 6) is 1.68. The van der Waals surface area contributed by atoms with Gasteiger partial charge in [-0.2, -0.15) is 0 Å². The van der Waals surface area contributed by atoms with Crippen molar-refractivity contribution < 1.29 is 9.84 Å². The number of aromatic nitrogens is 2. The molecule has 3 aromatic rings. The van der Waals surface area contributed by atoms with Crippen molar-refractivity contribution in [1.29, 1.82) is 0 Å². The average molecular weight is 378 g/mol. The van der Waals surface area contributed by atoms with E-state index in [-0.39, 0.29) is 13.2 Å². The van der Waals surface area contributed by atoms with E-state index in [1.54, 1.807) is 6.20 Å². The molecular formula is C22H26N4O2. The monoisotopic (exact) mass is 378 g/mol. The second-order valence-corrected chi connectivity index (χ2v) is 6.92. The van der Waals surface area contributed by atoms with Crippen LogP contribution in [0.4, 0.5) is 5.82 Å². The summed E-state index contributed by atoms with van der Waals surface area (Å²) in [6, 6.07) is 14.3. The molecule has 0 aliphatic carbocycles. The zero-order chi connectivity index (χ0) is 19.3. The van der Waals surface area contributed by atoms with Crippen LogP contribution in [0, 0.1) is 0 Å². The van der Waals surface area contributed by atoms with Crippen LogP contribution in [0.5, 0.6) is 5.75 Å². The summed E-state index contributed by atoms with van der Waals surface area (Å²) >= 11 is 0. The molecule has 0 atom stereocenters. The van der Waals surface area contributed by atoms with E-state index in [1.807, 2.05) is 12.1 Å². The molecule has 28 heavy (non-hydrogen) atoms. The Labute approximate surface area is 165 Å². The lowest BCUT2D eigenvalue weighted by molar-refractivity contribution is 0.201. The summed E-state index contributed by atoms with van der Waals surface area (Å²) in [7, 11) is 0. The van der Waals surface area contributed by atoms with Gasteiger partial charge in [-0.15, -0.1) is 0 Å². The third-order valence-electron chi connectivity index (χ3n) is 5.20. The second-order valence-electron chi connectivity index (χ2n) is 6.92. The third kappa shape index (κ3) is 3.93. The van der Waals surface area contributed by atoms with Crippen molar-refractivity contribution in [3.63, 3.8) is 0 Å². The molecule has 1 aliphatic heterocycles. The normalized spacial score (nSPS) is 15.1. The Hall–Kier alpha value is -2.70. The summed E-state index contributed by atoms with van der Waals surface area (Å²) in [6.45, 7) is 7.65. The predicted octanol–water partition coefficient (Wildman–Crippen LogP) is 2.81. The molecule has 0 unspecified atom stereocenters. The molecule has 1 aliphatic rings. The molecule has 6 heteroatoms. The van der Waals surface area contributed by atoms with Crippen molar-refractivity contribution in [3.8, 4) is 17.1 Å². The number of benzene rings is 1. The van der Waals surface area contributed by atoms with E-state index < -0.39 is 0 Å². The molecule has 0 saturated carbocycles. The first-order valence-electron chi connectivity index (χ1n) is 9.85. The van der Waals surface area contributed by atoms with E-state index in [1.165, 1.54) is 10.8 Å². The Morgan fingerprint density at radius 2 is 1.86 bits per heavy atom. The lowest BCUT2D eigenvalue weighted by atomic mass is 10.1. The predicted molar refractivity (Wildman–Crippen MR) is 112 cm³/mol. The van der Waals surface area contributed by atoms with Gasteiger partial charge in [0, 0.05) is 31.6 Å². The maximum atomic E-state index is 8.88. The Kier molecular flexibility index (Phi) is 5.69. The highest BCUT2D eigenvalue weighted by Crippen LogP contribution is 2.30. The summed E-state index contributed by atoms with van der Waals surface area (Å²) in [5, 5.41) is 11.2. The number of rotatable bonds is 6. The Morgan fingerprint density at radius 1 is 1.04 bits per heavy atom. The first kappa shape index (κ1) is 18.7. The van der Waals surface area contributed by atoms with Gasteiger partial charge in [-0.25, -0.2) is 4.98 Å². The van der Waals surface area contributed by atoms with Gasteiger partial charge in [0.05, 0.1) is 24.2 Å². The van der Waals surface area contributed by atoms with Gasteiger partial charge < -0.3 is 19.6 Å². The van der Waals surface area contributed by atoms with Crippen LogP contribution in [0.2, 0.25) is 0 Å². The molecule has 4 rings (SSSR count). The molecular weight excluding hydrogens is 352 g/mol. The van der Waals surface area contributed by atoms with Crippen molar-refractivity contribution in [2.24, 2.45) is 0 Å². The maximum Gasteiger partial charge on any atom is 0.137 e. The lowest BCUT2D eigenvalue weighted by Crippen LogP contribution is -2.46. The molecule has 1 fully saturated rings. The highest BCUT2D eigenvalue weighted by molar-refractivity contribution is 5.94. The standard InChI is InChI=1S/C22H26N4O2/c1-2-25-9-11-26(12-10-25)22-19-6-4-3-5-17(19)15-21(24-22)20-8-7-18(16-23-20)28-14-13-27/h3-8,15-16,27H,2,9-14H2,1H3. The van der Waals surface area contributed by atoms with E-state index in [0.29, 0.717) is 5.75 Å². The summed E-state index contributed by atoms with van der Waals surface area (Å²) < 4.78 is 5.41. The molecule has 2 aromatic heterocycles. The van der Waals surface area contributed by atoms with Crippen molar-refractivity contribution in [2.75, 3.05) is 50.8 Å². The van der Waals surface area contributed by atoms with Crippen LogP contribution in [0.3, 0.4) is 0 Å². The first-order valence-corrected chi connectivity index (χ1v) is 9.85. The molecule has 1 saturated heterocycles. The van der Waals surface area contributed by atoms with E-state index in [2.05, 4.69) is 52.0 Å². The third-order valence-corrected chi connectivity index (χ3v) is 5.20. The Bertz CT molecular complexity index is 921. The van der Waals surface area contributed by atoms with Crippen LogP contribution in [0.15, 0.2) is 48.7 Å². The number of fused-ring (bicyclic) bond motifs is 1. The fraction of sp³-hybridized carbons (Fsp3) is 0.364. The largest absolute Gasteiger partial charge is 0.490 e. The number of pyridine rings is 2. The van der Waals surface area contributed by atoms with E-state index in [0.717, 1.165) is 49.9 Å². The molecule has 0 spiro atoms. The topological polar surface area (TPSA) is 61.7 Å². The number of anilines is 1. The summed E-state index contributed by atoms with van der Waals surface area (Å²) in [4.78, 5) is 14.4. The van der Waals surface area contributed by atoms with Gasteiger partial charge in [0.25, 0.3) is 0 Å². The zero-order valence-electron chi connectivity index (χ0n) is 16.2. The number of piperazine rings is 1. The summed E-state index contributed by atoms with van der Waals surface area (Å²) in [5.41, 5.74) is 1.68. The lowest BCUT2D eigenvalue weighted by Gasteiger charge is -2.35. The summed E-state index contributed by atoms with van der Waals surface area (Å²) in [6.07, 6.45) is 1.68. The van der Waals surface area contributed by atoms with Crippen LogP contribution < -0.4 is 9.64 Å². The van der Waals surface area contributed by atoms with Crippen LogP contribution in [-0.4, -0.2) is 65.9 Å². The first-order chi connectivity index (χ1) is 13.8. The molecule has 0 bridgehead atoms. The second kappa shape index (κ2) is 8.54. The molecule has 0 amide bonds. The fourth-order valence-corrected chi connectivity index (χ4v) is 3.61. The molecule has 3 heterocycles. The molecule has 0 radical (unpaired) electrons. The highest BCUT2D eigenvalue weighted by Gasteiger charge is 2.20. The van der Waals surface area contributed by atoms with Crippen molar-refractivity contribution in [3.05, 3.63) is 48.7 Å². The SMILES string of the molecule is CCN1CCN(c2nc(-c3ccc(OCCO)cn3)cc3ccccc23)CC1. The number of ether oxygens (including phenoxy) is 1. The molecule has 1 N–H and O–H groups in total. The molecule has 6 nitrogen and oxygen atoms in total. The number of hydrogen-bond donors (Lipinski definition) is 1. The maximum absolute atomic E-state index is 8.88. The Balaban J connectivity index is 1.68. The number of aliphatic hydroxyl groups excluding tert-OH is 1. The van der Waals surface area contributed by atoms with Crippen molar-refractivity contribution in [2.45, 2.75) is 6.92 Å². The zero-order valence-corrected chi connectivity index (χ0v) is 16.2. The number of nitrogens with zero attached hydrogens (tertiary/aromatic N) is 4. The highest BCUT2D eigenvalue weighted by atomic mass is 16.5.